The zero-order valence-corrected chi connectivity index (χ0v) is 12.1. The van der Waals surface area contributed by atoms with Crippen LogP contribution in [0.25, 0.3) is 0 Å². The van der Waals surface area contributed by atoms with Gasteiger partial charge >= 0.3 is 0 Å². The van der Waals surface area contributed by atoms with Gasteiger partial charge in [0.25, 0.3) is 0 Å². The van der Waals surface area contributed by atoms with Gasteiger partial charge in [-0.15, -0.1) is 6.58 Å². The van der Waals surface area contributed by atoms with Crippen molar-refractivity contribution in [1.82, 2.24) is 0 Å². The second-order valence-electron chi connectivity index (χ2n) is 5.29. The van der Waals surface area contributed by atoms with E-state index in [-0.39, 0.29) is 6.61 Å². The Kier molecular flexibility index (Phi) is 9.05. The Hall–Kier alpha value is -0.460. The lowest BCUT2D eigenvalue weighted by atomic mass is 10.1. The van der Waals surface area contributed by atoms with Crippen LogP contribution in [0.15, 0.2) is 12.7 Å². The average Bonchev–Trinajstić information content (AvgIpc) is 2.82. The lowest BCUT2D eigenvalue weighted by Crippen LogP contribution is -2.41. The van der Waals surface area contributed by atoms with Gasteiger partial charge in [0.2, 0.25) is 0 Å². The Morgan fingerprint density at radius 3 is 2.65 bits per heavy atom. The van der Waals surface area contributed by atoms with Crippen LogP contribution in [0.4, 0.5) is 0 Å². The number of aliphatic hydroxyl groups excluding tert-OH is 3. The monoisotopic (exact) mass is 288 g/mol. The number of rotatable bonds is 11. The van der Waals surface area contributed by atoms with Crippen molar-refractivity contribution in [1.29, 1.82) is 0 Å². The van der Waals surface area contributed by atoms with Gasteiger partial charge in [0, 0.05) is 6.61 Å². The summed E-state index contributed by atoms with van der Waals surface area (Å²) in [5.41, 5.74) is 0. The van der Waals surface area contributed by atoms with Crippen molar-refractivity contribution >= 4 is 0 Å². The van der Waals surface area contributed by atoms with Gasteiger partial charge in [-0.1, -0.05) is 25.3 Å². The summed E-state index contributed by atoms with van der Waals surface area (Å²) >= 11 is 0. The standard InChI is InChI=1S/C15H28O5/c1-2-3-4-5-6-7-8-9-19-13-11-20-15(14(13)18)12(17)10-16/h2,12-18H,1,3-11H2/t12-,13+,14-,15-/m1/s1. The zero-order valence-electron chi connectivity index (χ0n) is 12.1. The molecule has 1 saturated heterocycles. The van der Waals surface area contributed by atoms with E-state index in [1.54, 1.807) is 0 Å². The highest BCUT2D eigenvalue weighted by atomic mass is 16.6. The summed E-state index contributed by atoms with van der Waals surface area (Å²) in [4.78, 5) is 0. The summed E-state index contributed by atoms with van der Waals surface area (Å²) in [5, 5.41) is 28.2. The Balaban J connectivity index is 2.04. The number of unbranched alkanes of at least 4 members (excludes halogenated alkanes) is 5. The number of ether oxygens (including phenoxy) is 2. The summed E-state index contributed by atoms with van der Waals surface area (Å²) in [7, 11) is 0. The molecule has 0 amide bonds. The third kappa shape index (κ3) is 5.89. The molecule has 20 heavy (non-hydrogen) atoms. The highest BCUT2D eigenvalue weighted by molar-refractivity contribution is 4.88. The highest BCUT2D eigenvalue weighted by Crippen LogP contribution is 2.20. The van der Waals surface area contributed by atoms with Gasteiger partial charge in [-0.25, -0.2) is 0 Å². The van der Waals surface area contributed by atoms with Crippen LogP contribution < -0.4 is 0 Å². The van der Waals surface area contributed by atoms with Crippen molar-refractivity contribution < 1.29 is 24.8 Å². The quantitative estimate of drug-likeness (QED) is 0.391. The van der Waals surface area contributed by atoms with Crippen molar-refractivity contribution in [3.05, 3.63) is 12.7 Å². The van der Waals surface area contributed by atoms with Crippen molar-refractivity contribution in [2.24, 2.45) is 0 Å². The fourth-order valence-corrected chi connectivity index (χ4v) is 2.36. The van der Waals surface area contributed by atoms with Gasteiger partial charge < -0.3 is 24.8 Å². The van der Waals surface area contributed by atoms with Crippen LogP contribution in [0.5, 0.6) is 0 Å². The van der Waals surface area contributed by atoms with E-state index >= 15 is 0 Å². The average molecular weight is 288 g/mol. The van der Waals surface area contributed by atoms with E-state index in [1.165, 1.54) is 19.3 Å². The first-order valence-electron chi connectivity index (χ1n) is 7.51. The zero-order chi connectivity index (χ0) is 14.8. The smallest absolute Gasteiger partial charge is 0.114 e. The largest absolute Gasteiger partial charge is 0.394 e. The Bertz CT molecular complexity index is 259. The van der Waals surface area contributed by atoms with E-state index in [0.717, 1.165) is 19.3 Å². The second-order valence-corrected chi connectivity index (χ2v) is 5.29. The number of hydrogen-bond acceptors (Lipinski definition) is 5. The van der Waals surface area contributed by atoms with Crippen LogP contribution in [-0.2, 0) is 9.47 Å². The summed E-state index contributed by atoms with van der Waals surface area (Å²) in [6.45, 7) is 4.14. The van der Waals surface area contributed by atoms with E-state index in [0.29, 0.717) is 6.61 Å². The maximum Gasteiger partial charge on any atom is 0.114 e. The minimum absolute atomic E-state index is 0.266. The third-order valence-corrected chi connectivity index (χ3v) is 3.62. The first kappa shape index (κ1) is 17.6. The molecule has 0 bridgehead atoms. The molecule has 1 heterocycles. The van der Waals surface area contributed by atoms with Crippen LogP contribution in [0.1, 0.15) is 38.5 Å². The topological polar surface area (TPSA) is 79.2 Å². The molecule has 0 aromatic rings. The second kappa shape index (κ2) is 10.3. The number of aliphatic hydroxyl groups is 3. The molecule has 0 aliphatic carbocycles. The van der Waals surface area contributed by atoms with E-state index < -0.39 is 31.0 Å². The molecule has 1 fully saturated rings. The molecule has 3 N–H and O–H groups in total. The van der Waals surface area contributed by atoms with Crippen molar-refractivity contribution in [2.75, 3.05) is 19.8 Å². The number of hydrogen-bond donors (Lipinski definition) is 3. The maximum absolute atomic E-state index is 9.92. The Morgan fingerprint density at radius 1 is 1.25 bits per heavy atom. The normalized spacial score (nSPS) is 27.6. The highest BCUT2D eigenvalue weighted by Gasteiger charge is 2.40. The minimum Gasteiger partial charge on any atom is -0.394 e. The Labute approximate surface area is 121 Å². The van der Waals surface area contributed by atoms with Gasteiger partial charge in [-0.3, -0.25) is 0 Å². The van der Waals surface area contributed by atoms with E-state index in [4.69, 9.17) is 14.6 Å². The van der Waals surface area contributed by atoms with Crippen LogP contribution in [-0.4, -0.2) is 59.6 Å². The van der Waals surface area contributed by atoms with Crippen LogP contribution in [0.3, 0.4) is 0 Å². The van der Waals surface area contributed by atoms with Gasteiger partial charge in [-0.2, -0.15) is 0 Å². The van der Waals surface area contributed by atoms with Crippen LogP contribution >= 0.6 is 0 Å². The summed E-state index contributed by atoms with van der Waals surface area (Å²) in [6, 6.07) is 0. The molecule has 0 unspecified atom stereocenters. The third-order valence-electron chi connectivity index (χ3n) is 3.62. The van der Waals surface area contributed by atoms with Crippen molar-refractivity contribution in [2.45, 2.75) is 62.9 Å². The van der Waals surface area contributed by atoms with Gasteiger partial charge in [0.05, 0.1) is 13.2 Å². The fraction of sp³-hybridized carbons (Fsp3) is 0.867. The van der Waals surface area contributed by atoms with E-state index in [1.807, 2.05) is 6.08 Å². The lowest BCUT2D eigenvalue weighted by molar-refractivity contribution is -0.0730. The molecule has 118 valence electrons. The van der Waals surface area contributed by atoms with Gasteiger partial charge in [0.15, 0.2) is 0 Å². The van der Waals surface area contributed by atoms with E-state index in [9.17, 15) is 10.2 Å². The summed E-state index contributed by atoms with van der Waals surface area (Å²) < 4.78 is 10.8. The van der Waals surface area contributed by atoms with Crippen LogP contribution in [0, 0.1) is 0 Å². The fourth-order valence-electron chi connectivity index (χ4n) is 2.36. The molecule has 1 rings (SSSR count). The predicted molar refractivity (Wildman–Crippen MR) is 76.5 cm³/mol. The molecule has 0 aromatic heterocycles. The maximum atomic E-state index is 9.92. The SMILES string of the molecule is C=CCCCCCCCO[C@H]1CO[C@H]([C@H](O)CO)[C@@H]1O. The molecule has 5 nitrogen and oxygen atoms in total. The van der Waals surface area contributed by atoms with Crippen molar-refractivity contribution in [3.63, 3.8) is 0 Å². The first-order chi connectivity index (χ1) is 9.70. The molecule has 1 aliphatic heterocycles. The molecule has 0 aromatic carbocycles. The lowest BCUT2D eigenvalue weighted by Gasteiger charge is -2.20. The summed E-state index contributed by atoms with van der Waals surface area (Å²) in [5.74, 6) is 0. The van der Waals surface area contributed by atoms with Gasteiger partial charge in [0.1, 0.15) is 24.4 Å². The van der Waals surface area contributed by atoms with Crippen LogP contribution in [0.2, 0.25) is 0 Å². The summed E-state index contributed by atoms with van der Waals surface area (Å²) in [6.07, 6.45) is 5.63. The number of allylic oxidation sites excluding steroid dienone is 1. The molecule has 0 saturated carbocycles. The molecule has 1 aliphatic rings. The molecular formula is C15H28O5. The predicted octanol–water partition coefficient (Wildman–Crippen LogP) is 1.01. The first-order valence-corrected chi connectivity index (χ1v) is 7.51. The molecule has 0 spiro atoms. The molecular weight excluding hydrogens is 260 g/mol. The molecule has 5 heteroatoms. The van der Waals surface area contributed by atoms with E-state index in [2.05, 4.69) is 6.58 Å². The van der Waals surface area contributed by atoms with Crippen molar-refractivity contribution in [3.8, 4) is 0 Å². The Morgan fingerprint density at radius 2 is 1.95 bits per heavy atom. The minimum atomic E-state index is -1.05. The molecule has 0 radical (unpaired) electrons. The molecule has 4 atom stereocenters. The van der Waals surface area contributed by atoms with Gasteiger partial charge in [-0.05, 0) is 19.3 Å².